The van der Waals surface area contributed by atoms with Crippen LogP contribution < -0.4 is 0 Å². The van der Waals surface area contributed by atoms with Gasteiger partial charge in [0.2, 0.25) is 0 Å². The number of aliphatic hydroxyl groups is 1. The van der Waals surface area contributed by atoms with E-state index in [1.165, 1.54) is 5.56 Å². The van der Waals surface area contributed by atoms with Crippen LogP contribution in [0.5, 0.6) is 0 Å². The van der Waals surface area contributed by atoms with E-state index in [4.69, 9.17) is 4.74 Å². The van der Waals surface area contributed by atoms with Crippen LogP contribution in [0.1, 0.15) is 22.6 Å². The smallest absolute Gasteiger partial charge is 0.0717 e. The lowest BCUT2D eigenvalue weighted by Crippen LogP contribution is -2.13. The van der Waals surface area contributed by atoms with Crippen molar-refractivity contribution in [3.8, 4) is 0 Å². The minimum absolute atomic E-state index is 0.0202. The third-order valence-corrected chi connectivity index (χ3v) is 3.82. The van der Waals surface area contributed by atoms with Crippen molar-refractivity contribution in [1.82, 2.24) is 0 Å². The van der Waals surface area contributed by atoms with Crippen molar-refractivity contribution >= 4 is 15.9 Å². The summed E-state index contributed by atoms with van der Waals surface area (Å²) in [5.74, 6) is 0.0202. The molecule has 0 bridgehead atoms. The highest BCUT2D eigenvalue weighted by Crippen LogP contribution is 2.23. The van der Waals surface area contributed by atoms with E-state index in [0.717, 1.165) is 15.6 Å². The fourth-order valence-corrected chi connectivity index (χ4v) is 2.71. The molecule has 0 aliphatic heterocycles. The zero-order valence-corrected chi connectivity index (χ0v) is 13.1. The molecule has 3 heteroatoms. The third-order valence-electron chi connectivity index (χ3n) is 3.32. The first-order valence-electron chi connectivity index (χ1n) is 6.69. The van der Waals surface area contributed by atoms with Gasteiger partial charge >= 0.3 is 0 Å². The molecule has 0 spiro atoms. The molecule has 2 nitrogen and oxygen atoms in total. The summed E-state index contributed by atoms with van der Waals surface area (Å²) >= 11 is 3.46. The molecule has 0 aromatic heterocycles. The summed E-state index contributed by atoms with van der Waals surface area (Å²) in [4.78, 5) is 0. The van der Waals surface area contributed by atoms with E-state index in [-0.39, 0.29) is 12.5 Å². The van der Waals surface area contributed by atoms with Gasteiger partial charge in [0.1, 0.15) is 0 Å². The van der Waals surface area contributed by atoms with Crippen molar-refractivity contribution in [2.24, 2.45) is 0 Å². The van der Waals surface area contributed by atoms with Crippen molar-refractivity contribution in [3.05, 3.63) is 69.7 Å². The zero-order valence-electron chi connectivity index (χ0n) is 11.6. The highest BCUT2D eigenvalue weighted by Gasteiger charge is 2.13. The average molecular weight is 335 g/mol. The molecule has 1 atom stereocenters. The Kier molecular flexibility index (Phi) is 5.77. The lowest BCUT2D eigenvalue weighted by atomic mass is 9.96. The molecular weight excluding hydrogens is 316 g/mol. The first-order valence-corrected chi connectivity index (χ1v) is 7.48. The second-order valence-corrected chi connectivity index (χ2v) is 5.80. The van der Waals surface area contributed by atoms with Crippen LogP contribution in [0.3, 0.4) is 0 Å². The molecule has 1 unspecified atom stereocenters. The second-order valence-electron chi connectivity index (χ2n) is 4.88. The highest BCUT2D eigenvalue weighted by molar-refractivity contribution is 9.10. The first kappa shape index (κ1) is 15.2. The number of aliphatic hydroxyl groups excluding tert-OH is 1. The van der Waals surface area contributed by atoms with E-state index in [9.17, 15) is 5.11 Å². The molecule has 0 fully saturated rings. The minimum atomic E-state index is 0.0202. The molecule has 0 heterocycles. The molecule has 1 N–H and O–H groups in total. The van der Waals surface area contributed by atoms with Crippen molar-refractivity contribution in [1.29, 1.82) is 0 Å². The molecule has 0 radical (unpaired) electrons. The Hall–Kier alpha value is -1.16. The minimum Gasteiger partial charge on any atom is -0.396 e. The number of hydrogen-bond donors (Lipinski definition) is 1. The molecular formula is C17H19BrO2. The molecule has 20 heavy (non-hydrogen) atoms. The van der Waals surface area contributed by atoms with Gasteiger partial charge in [0.05, 0.1) is 19.8 Å². The summed E-state index contributed by atoms with van der Waals surface area (Å²) in [7, 11) is 0. The van der Waals surface area contributed by atoms with Gasteiger partial charge in [-0.05, 0) is 35.7 Å². The van der Waals surface area contributed by atoms with Gasteiger partial charge in [-0.3, -0.25) is 0 Å². The Bertz CT molecular complexity index is 540. The molecule has 0 aliphatic carbocycles. The fraction of sp³-hybridized carbons (Fsp3) is 0.294. The van der Waals surface area contributed by atoms with Crippen LogP contribution in [0.15, 0.2) is 53.0 Å². The highest BCUT2D eigenvalue weighted by atomic mass is 79.9. The van der Waals surface area contributed by atoms with Crippen LogP contribution in [0.25, 0.3) is 0 Å². The van der Waals surface area contributed by atoms with Gasteiger partial charge in [0.25, 0.3) is 0 Å². The van der Waals surface area contributed by atoms with Gasteiger partial charge < -0.3 is 9.84 Å². The maximum Gasteiger partial charge on any atom is 0.0717 e. The Labute approximate surface area is 128 Å². The zero-order chi connectivity index (χ0) is 14.4. The topological polar surface area (TPSA) is 29.5 Å². The van der Waals surface area contributed by atoms with Gasteiger partial charge in [-0.1, -0.05) is 52.3 Å². The van der Waals surface area contributed by atoms with E-state index in [2.05, 4.69) is 28.9 Å². The second kappa shape index (κ2) is 7.58. The summed E-state index contributed by atoms with van der Waals surface area (Å²) < 4.78 is 6.80. The van der Waals surface area contributed by atoms with Gasteiger partial charge in [0, 0.05) is 10.4 Å². The predicted octanol–water partition coefficient (Wildman–Crippen LogP) is 4.05. The predicted molar refractivity (Wildman–Crippen MR) is 84.8 cm³/mol. The molecule has 0 saturated heterocycles. The van der Waals surface area contributed by atoms with Crippen molar-refractivity contribution in [3.63, 3.8) is 0 Å². The summed E-state index contributed by atoms with van der Waals surface area (Å²) in [6.07, 6.45) is 0. The number of halogens is 1. The average Bonchev–Trinajstić information content (AvgIpc) is 2.46. The number of ether oxygens (including phenoxy) is 1. The van der Waals surface area contributed by atoms with E-state index in [1.807, 2.05) is 42.5 Å². The largest absolute Gasteiger partial charge is 0.396 e. The molecule has 106 valence electrons. The number of aryl methyl sites for hydroxylation is 1. The van der Waals surface area contributed by atoms with Crippen LogP contribution in [0, 0.1) is 6.92 Å². The quantitative estimate of drug-likeness (QED) is 0.863. The summed E-state index contributed by atoms with van der Waals surface area (Å²) in [5.41, 5.74) is 3.46. The van der Waals surface area contributed by atoms with E-state index in [0.29, 0.717) is 13.2 Å². The van der Waals surface area contributed by atoms with Crippen LogP contribution in [0.2, 0.25) is 0 Å². The number of rotatable bonds is 6. The molecule has 0 aliphatic rings. The Balaban J connectivity index is 1.95. The molecule has 0 amide bonds. The van der Waals surface area contributed by atoms with Crippen LogP contribution in [-0.2, 0) is 11.3 Å². The van der Waals surface area contributed by atoms with Gasteiger partial charge in [-0.25, -0.2) is 0 Å². The Morgan fingerprint density at radius 1 is 1.15 bits per heavy atom. The Morgan fingerprint density at radius 3 is 2.55 bits per heavy atom. The van der Waals surface area contributed by atoms with Crippen LogP contribution in [-0.4, -0.2) is 18.3 Å². The summed E-state index contributed by atoms with van der Waals surface area (Å²) in [6.45, 7) is 3.25. The van der Waals surface area contributed by atoms with E-state index < -0.39 is 0 Å². The van der Waals surface area contributed by atoms with Gasteiger partial charge in [0.15, 0.2) is 0 Å². The lowest BCUT2D eigenvalue weighted by molar-refractivity contribution is 0.0881. The van der Waals surface area contributed by atoms with Gasteiger partial charge in [-0.15, -0.1) is 0 Å². The molecule has 0 saturated carbocycles. The van der Waals surface area contributed by atoms with Gasteiger partial charge in [-0.2, -0.15) is 0 Å². The number of benzene rings is 2. The SMILES string of the molecule is Cc1cc(Br)ccc1C(CO)COCc1ccccc1. The van der Waals surface area contributed by atoms with Crippen molar-refractivity contribution < 1.29 is 9.84 Å². The maximum atomic E-state index is 9.58. The van der Waals surface area contributed by atoms with Crippen LogP contribution in [0.4, 0.5) is 0 Å². The Morgan fingerprint density at radius 2 is 1.90 bits per heavy atom. The maximum absolute atomic E-state index is 9.58. The molecule has 2 aromatic rings. The molecule has 2 rings (SSSR count). The van der Waals surface area contributed by atoms with Crippen molar-refractivity contribution in [2.45, 2.75) is 19.4 Å². The van der Waals surface area contributed by atoms with E-state index in [1.54, 1.807) is 0 Å². The summed E-state index contributed by atoms with van der Waals surface area (Å²) in [6, 6.07) is 16.2. The third kappa shape index (κ3) is 4.17. The normalized spacial score (nSPS) is 12.3. The van der Waals surface area contributed by atoms with Crippen molar-refractivity contribution in [2.75, 3.05) is 13.2 Å². The number of hydrogen-bond acceptors (Lipinski definition) is 2. The monoisotopic (exact) mass is 334 g/mol. The fourth-order valence-electron chi connectivity index (χ4n) is 2.23. The summed E-state index contributed by atoms with van der Waals surface area (Å²) in [5, 5.41) is 9.58. The lowest BCUT2D eigenvalue weighted by Gasteiger charge is -2.17. The van der Waals surface area contributed by atoms with E-state index >= 15 is 0 Å². The molecule has 2 aromatic carbocycles. The first-order chi connectivity index (χ1) is 9.70. The standard InChI is InChI=1S/C17H19BrO2/c1-13-9-16(18)7-8-17(13)15(10-19)12-20-11-14-5-3-2-4-6-14/h2-9,15,19H,10-12H2,1H3. The van der Waals surface area contributed by atoms with Crippen LogP contribution >= 0.6 is 15.9 Å².